The molecule has 0 bridgehead atoms. The van der Waals surface area contributed by atoms with Crippen molar-refractivity contribution in [2.24, 2.45) is 0 Å². The van der Waals surface area contributed by atoms with Crippen LogP contribution in [0.4, 0.5) is 11.4 Å². The highest BCUT2D eigenvalue weighted by atomic mass is 16.5. The number of rotatable bonds is 8. The summed E-state index contributed by atoms with van der Waals surface area (Å²) < 4.78 is 10.5. The van der Waals surface area contributed by atoms with Gasteiger partial charge in [-0.15, -0.1) is 0 Å². The van der Waals surface area contributed by atoms with Gasteiger partial charge in [0.05, 0.1) is 37.6 Å². The number of nitrogens with zero attached hydrogens (tertiary/aromatic N) is 5. The van der Waals surface area contributed by atoms with Crippen LogP contribution < -0.4 is 15.0 Å². The predicted molar refractivity (Wildman–Crippen MR) is 165 cm³/mol. The molecular weight excluding hydrogens is 544 g/mol. The Morgan fingerprint density at radius 1 is 1.09 bits per heavy atom. The van der Waals surface area contributed by atoms with Gasteiger partial charge in [0.1, 0.15) is 11.8 Å². The van der Waals surface area contributed by atoms with Gasteiger partial charge in [0, 0.05) is 54.9 Å². The van der Waals surface area contributed by atoms with Crippen molar-refractivity contribution in [1.29, 1.82) is 5.26 Å². The van der Waals surface area contributed by atoms with Crippen molar-refractivity contribution in [2.75, 3.05) is 56.7 Å². The van der Waals surface area contributed by atoms with Crippen molar-refractivity contribution in [3.05, 3.63) is 77.1 Å². The minimum absolute atomic E-state index is 0.118. The molecule has 2 aliphatic heterocycles. The number of hydrogen-bond acceptors (Lipinski definition) is 9. The molecule has 2 N–H and O–H groups in total. The predicted octanol–water partition coefficient (Wildman–Crippen LogP) is 4.88. The van der Waals surface area contributed by atoms with Crippen LogP contribution in [0.3, 0.4) is 0 Å². The highest BCUT2D eigenvalue weighted by Gasteiger charge is 2.29. The third kappa shape index (κ3) is 5.69. The van der Waals surface area contributed by atoms with Gasteiger partial charge in [0.2, 0.25) is 5.88 Å². The van der Waals surface area contributed by atoms with Crippen molar-refractivity contribution in [3.8, 4) is 23.1 Å². The number of pyridine rings is 2. The second-order valence-electron chi connectivity index (χ2n) is 11.1. The molecular formula is C33H34N6O4. The van der Waals surface area contributed by atoms with Crippen LogP contribution in [-0.2, 0) is 4.74 Å². The Bertz CT molecular complexity index is 1710. The lowest BCUT2D eigenvalue weighted by molar-refractivity contribution is -0.0660. The fourth-order valence-corrected chi connectivity index (χ4v) is 5.89. The maximum Gasteiger partial charge on any atom is 0.356 e. The zero-order valence-corrected chi connectivity index (χ0v) is 24.5. The van der Waals surface area contributed by atoms with Crippen LogP contribution in [0.25, 0.3) is 22.0 Å². The number of aromatic nitrogens is 2. The fraction of sp³-hybridized carbons (Fsp3) is 0.333. The van der Waals surface area contributed by atoms with Crippen LogP contribution in [0.5, 0.6) is 5.88 Å². The first-order chi connectivity index (χ1) is 20.8. The van der Waals surface area contributed by atoms with Crippen LogP contribution in [0.2, 0.25) is 0 Å². The minimum Gasteiger partial charge on any atom is -0.481 e. The maximum absolute atomic E-state index is 11.9. The largest absolute Gasteiger partial charge is 0.481 e. The third-order valence-corrected chi connectivity index (χ3v) is 8.33. The average Bonchev–Trinajstić information content (AvgIpc) is 2.99. The summed E-state index contributed by atoms with van der Waals surface area (Å²) in [6.07, 6.45) is 0. The molecule has 0 spiro atoms. The molecule has 4 aromatic rings. The van der Waals surface area contributed by atoms with Crippen molar-refractivity contribution < 1.29 is 19.4 Å². The van der Waals surface area contributed by atoms with Crippen molar-refractivity contribution in [2.45, 2.75) is 25.9 Å². The molecule has 10 heteroatoms. The second-order valence-corrected chi connectivity index (χ2v) is 11.1. The van der Waals surface area contributed by atoms with E-state index in [-0.39, 0.29) is 17.6 Å². The maximum atomic E-state index is 11.9. The van der Waals surface area contributed by atoms with Crippen LogP contribution in [0, 0.1) is 18.3 Å². The first-order valence-corrected chi connectivity index (χ1v) is 14.4. The van der Waals surface area contributed by atoms with Crippen molar-refractivity contribution in [3.63, 3.8) is 0 Å². The van der Waals surface area contributed by atoms with E-state index in [1.807, 2.05) is 26.0 Å². The number of carboxylic acid groups (broad SMARTS) is 1. The van der Waals surface area contributed by atoms with Gasteiger partial charge in [-0.05, 0) is 60.9 Å². The number of aromatic carboxylic acids is 1. The van der Waals surface area contributed by atoms with E-state index in [0.29, 0.717) is 22.9 Å². The summed E-state index contributed by atoms with van der Waals surface area (Å²) >= 11 is 0. The van der Waals surface area contributed by atoms with E-state index < -0.39 is 5.97 Å². The Morgan fingerprint density at radius 3 is 2.47 bits per heavy atom. The number of carbonyl (C=O) groups is 1. The van der Waals surface area contributed by atoms with E-state index in [1.165, 1.54) is 7.11 Å². The summed E-state index contributed by atoms with van der Waals surface area (Å²) in [6.45, 7) is 9.62. The topological polar surface area (TPSA) is 124 Å². The van der Waals surface area contributed by atoms with Crippen molar-refractivity contribution in [1.82, 2.24) is 14.9 Å². The molecule has 2 aromatic heterocycles. The lowest BCUT2D eigenvalue weighted by atomic mass is 9.95. The number of nitriles is 1. The first kappa shape index (κ1) is 28.4. The molecule has 4 heterocycles. The van der Waals surface area contributed by atoms with E-state index in [4.69, 9.17) is 14.5 Å². The number of ether oxygens (including phenoxy) is 2. The summed E-state index contributed by atoms with van der Waals surface area (Å²) in [6, 6.07) is 20.3. The number of benzene rings is 2. The smallest absolute Gasteiger partial charge is 0.356 e. The number of piperazine rings is 1. The van der Waals surface area contributed by atoms with Crippen molar-refractivity contribution >= 4 is 28.2 Å². The number of methoxy groups -OCH3 is 1. The molecule has 43 heavy (non-hydrogen) atoms. The third-order valence-electron chi connectivity index (χ3n) is 8.33. The lowest BCUT2D eigenvalue weighted by Gasteiger charge is -2.43. The highest BCUT2D eigenvalue weighted by Crippen LogP contribution is 2.34. The van der Waals surface area contributed by atoms with E-state index in [1.54, 1.807) is 12.1 Å². The zero-order chi connectivity index (χ0) is 30.1. The number of nitrogens with one attached hydrogen (secondary N) is 1. The van der Waals surface area contributed by atoms with Gasteiger partial charge in [-0.3, -0.25) is 4.90 Å². The molecule has 2 aromatic carbocycles. The quantitative estimate of drug-likeness (QED) is 0.299. The highest BCUT2D eigenvalue weighted by molar-refractivity contribution is 5.93. The normalized spacial score (nSPS) is 16.4. The molecule has 0 radical (unpaired) electrons. The van der Waals surface area contributed by atoms with Gasteiger partial charge >= 0.3 is 5.97 Å². The van der Waals surface area contributed by atoms with Crippen LogP contribution in [0.15, 0.2) is 54.6 Å². The molecule has 1 atom stereocenters. The van der Waals surface area contributed by atoms with Crippen LogP contribution >= 0.6 is 0 Å². The Hall–Kier alpha value is -4.72. The average molecular weight is 579 g/mol. The molecule has 6 rings (SSSR count). The molecule has 0 unspecified atom stereocenters. The Labute approximate surface area is 250 Å². The molecule has 0 amide bonds. The molecule has 0 saturated carbocycles. The summed E-state index contributed by atoms with van der Waals surface area (Å²) in [4.78, 5) is 25.7. The van der Waals surface area contributed by atoms with Gasteiger partial charge in [0.15, 0.2) is 5.69 Å². The number of hydrogen-bond donors (Lipinski definition) is 2. The standard InChI is InChI=1S/C33H34N6O4/c1-20-14-25(21(2)35-28-8-9-31(42-3)37-32(28)33(40)41)27-16-26(30(17-34)36-29(27)15-20)22-4-6-23(7-5-22)38-10-12-39(13-11-38)24-18-43-19-24/h4-9,14-16,21,24,35H,10-13,18-19H2,1-3H3,(H,40,41)/t21-/m1/s1. The van der Waals surface area contributed by atoms with Crippen LogP contribution in [-0.4, -0.2) is 78.5 Å². The summed E-state index contributed by atoms with van der Waals surface area (Å²) in [5, 5.41) is 24.0. The van der Waals surface area contributed by atoms with E-state index in [9.17, 15) is 15.2 Å². The van der Waals surface area contributed by atoms with Gasteiger partial charge in [-0.1, -0.05) is 18.2 Å². The number of aryl methyl sites for hydroxylation is 1. The fourth-order valence-electron chi connectivity index (χ4n) is 5.89. The summed E-state index contributed by atoms with van der Waals surface area (Å²) in [5.74, 6) is -0.921. The summed E-state index contributed by atoms with van der Waals surface area (Å²) in [7, 11) is 1.45. The van der Waals surface area contributed by atoms with Gasteiger partial charge in [-0.2, -0.15) is 5.26 Å². The first-order valence-electron chi connectivity index (χ1n) is 14.4. The monoisotopic (exact) mass is 578 g/mol. The van der Waals surface area contributed by atoms with E-state index >= 15 is 0 Å². The molecule has 2 saturated heterocycles. The SMILES string of the molecule is COc1ccc(N[C@H](C)c2cc(C)cc3nc(C#N)c(-c4ccc(N5CCN(C6COC6)CC5)cc4)cc23)c(C(=O)O)n1. The number of anilines is 2. The summed E-state index contributed by atoms with van der Waals surface area (Å²) in [5.41, 5.74) is 6.10. The van der Waals surface area contributed by atoms with Gasteiger partial charge in [-0.25, -0.2) is 14.8 Å². The van der Waals surface area contributed by atoms with Gasteiger partial charge < -0.3 is 24.8 Å². The molecule has 10 nitrogen and oxygen atoms in total. The minimum atomic E-state index is -1.15. The molecule has 220 valence electrons. The lowest BCUT2D eigenvalue weighted by Crippen LogP contribution is -2.56. The Morgan fingerprint density at radius 2 is 1.84 bits per heavy atom. The molecule has 0 aliphatic carbocycles. The number of fused-ring (bicyclic) bond motifs is 1. The molecule has 2 fully saturated rings. The van der Waals surface area contributed by atoms with E-state index in [0.717, 1.165) is 72.7 Å². The number of carboxylic acids is 1. The second kappa shape index (κ2) is 11.9. The Balaban J connectivity index is 1.30. The Kier molecular flexibility index (Phi) is 7.84. The molecule has 2 aliphatic rings. The zero-order valence-electron chi connectivity index (χ0n) is 24.5. The van der Waals surface area contributed by atoms with E-state index in [2.05, 4.69) is 56.5 Å². The van der Waals surface area contributed by atoms with Gasteiger partial charge in [0.25, 0.3) is 0 Å². The van der Waals surface area contributed by atoms with Crippen LogP contribution in [0.1, 0.15) is 40.3 Å².